The first-order valence-corrected chi connectivity index (χ1v) is 8.51. The van der Waals surface area contributed by atoms with Gasteiger partial charge in [-0.2, -0.15) is 0 Å². The van der Waals surface area contributed by atoms with Crippen LogP contribution in [-0.4, -0.2) is 26.2 Å². The molecule has 0 fully saturated rings. The van der Waals surface area contributed by atoms with Gasteiger partial charge in [-0.05, 0) is 19.1 Å². The van der Waals surface area contributed by atoms with Crippen LogP contribution in [0.15, 0.2) is 34.5 Å². The summed E-state index contributed by atoms with van der Waals surface area (Å²) in [7, 11) is -1.92. The molecular formula is C13H15N3O3S2. The Hall–Kier alpha value is -1.77. The van der Waals surface area contributed by atoms with E-state index in [9.17, 15) is 13.2 Å². The molecule has 1 aromatic carbocycles. The number of hydrogen-bond donors (Lipinski definition) is 2. The SMILES string of the molecule is CNc1nc(CNS(=O)(=O)c2cccc(C(C)=O)c2)cs1. The van der Waals surface area contributed by atoms with Crippen molar-refractivity contribution in [1.29, 1.82) is 0 Å². The van der Waals surface area contributed by atoms with Gasteiger partial charge in [-0.3, -0.25) is 4.79 Å². The number of carbonyl (C=O) groups excluding carboxylic acids is 1. The van der Waals surface area contributed by atoms with Gasteiger partial charge in [0.05, 0.1) is 17.1 Å². The third-order valence-electron chi connectivity index (χ3n) is 2.76. The van der Waals surface area contributed by atoms with Crippen LogP contribution in [0.5, 0.6) is 0 Å². The number of thiazole rings is 1. The molecule has 0 saturated carbocycles. The normalized spacial score (nSPS) is 11.3. The smallest absolute Gasteiger partial charge is 0.240 e. The lowest BCUT2D eigenvalue weighted by atomic mass is 10.2. The molecule has 0 radical (unpaired) electrons. The Kier molecular flexibility index (Phi) is 4.71. The van der Waals surface area contributed by atoms with Crippen LogP contribution < -0.4 is 10.0 Å². The highest BCUT2D eigenvalue weighted by Crippen LogP contribution is 2.16. The van der Waals surface area contributed by atoms with Crippen molar-refractivity contribution in [1.82, 2.24) is 9.71 Å². The summed E-state index contributed by atoms with van der Waals surface area (Å²) in [5, 5.41) is 5.39. The van der Waals surface area contributed by atoms with E-state index in [1.54, 1.807) is 24.6 Å². The Morgan fingerprint density at radius 1 is 1.38 bits per heavy atom. The molecule has 21 heavy (non-hydrogen) atoms. The lowest BCUT2D eigenvalue weighted by molar-refractivity contribution is 0.101. The summed E-state index contributed by atoms with van der Waals surface area (Å²) in [5.74, 6) is -0.176. The van der Waals surface area contributed by atoms with Crippen LogP contribution in [-0.2, 0) is 16.6 Å². The van der Waals surface area contributed by atoms with Crippen LogP contribution in [0.3, 0.4) is 0 Å². The van der Waals surface area contributed by atoms with Gasteiger partial charge in [0.25, 0.3) is 0 Å². The zero-order valence-electron chi connectivity index (χ0n) is 11.6. The number of anilines is 1. The quantitative estimate of drug-likeness (QED) is 0.792. The Morgan fingerprint density at radius 3 is 2.76 bits per heavy atom. The summed E-state index contributed by atoms with van der Waals surface area (Å²) in [6.07, 6.45) is 0. The van der Waals surface area contributed by atoms with E-state index in [0.29, 0.717) is 11.3 Å². The first kappa shape index (κ1) is 15.6. The molecule has 1 aromatic heterocycles. The first-order valence-electron chi connectivity index (χ1n) is 6.15. The van der Waals surface area contributed by atoms with E-state index >= 15 is 0 Å². The zero-order valence-corrected chi connectivity index (χ0v) is 13.2. The van der Waals surface area contributed by atoms with Crippen LogP contribution in [0.1, 0.15) is 23.0 Å². The van der Waals surface area contributed by atoms with Crippen LogP contribution in [0.4, 0.5) is 5.13 Å². The summed E-state index contributed by atoms with van der Waals surface area (Å²) in [6, 6.07) is 5.95. The van der Waals surface area contributed by atoms with Crippen molar-refractivity contribution < 1.29 is 13.2 Å². The highest BCUT2D eigenvalue weighted by atomic mass is 32.2. The van der Waals surface area contributed by atoms with Gasteiger partial charge in [-0.1, -0.05) is 12.1 Å². The molecule has 0 bridgehead atoms. The van der Waals surface area contributed by atoms with Crippen LogP contribution >= 0.6 is 11.3 Å². The highest BCUT2D eigenvalue weighted by molar-refractivity contribution is 7.89. The minimum absolute atomic E-state index is 0.0688. The largest absolute Gasteiger partial charge is 0.365 e. The number of nitrogens with zero attached hydrogens (tertiary/aromatic N) is 1. The van der Waals surface area contributed by atoms with Crippen molar-refractivity contribution in [3.63, 3.8) is 0 Å². The molecule has 0 aliphatic rings. The van der Waals surface area contributed by atoms with E-state index in [1.807, 2.05) is 0 Å². The maximum absolute atomic E-state index is 12.2. The maximum Gasteiger partial charge on any atom is 0.240 e. The molecule has 0 atom stereocenters. The Bertz CT molecular complexity index is 754. The van der Waals surface area contributed by atoms with E-state index < -0.39 is 10.0 Å². The molecule has 1 heterocycles. The van der Waals surface area contributed by atoms with Gasteiger partial charge in [0.1, 0.15) is 0 Å². The summed E-state index contributed by atoms with van der Waals surface area (Å²) in [5.41, 5.74) is 1.000. The number of carbonyl (C=O) groups is 1. The first-order chi connectivity index (χ1) is 9.92. The molecule has 2 N–H and O–H groups in total. The molecule has 0 aliphatic carbocycles. The molecule has 0 amide bonds. The van der Waals surface area contributed by atoms with E-state index in [0.717, 1.165) is 5.13 Å². The molecule has 0 aliphatic heterocycles. The lowest BCUT2D eigenvalue weighted by Gasteiger charge is -2.06. The van der Waals surface area contributed by atoms with Crippen LogP contribution in [0.25, 0.3) is 0 Å². The van der Waals surface area contributed by atoms with Gasteiger partial charge in [-0.25, -0.2) is 18.1 Å². The minimum atomic E-state index is -3.67. The van der Waals surface area contributed by atoms with E-state index in [2.05, 4.69) is 15.0 Å². The van der Waals surface area contributed by atoms with E-state index in [4.69, 9.17) is 0 Å². The zero-order chi connectivity index (χ0) is 15.5. The fraction of sp³-hybridized carbons (Fsp3) is 0.231. The topological polar surface area (TPSA) is 88.2 Å². The summed E-state index contributed by atoms with van der Waals surface area (Å²) in [6.45, 7) is 1.50. The van der Waals surface area contributed by atoms with Crippen molar-refractivity contribution in [2.45, 2.75) is 18.4 Å². The number of Topliss-reactive ketones (excluding diaryl/α,β-unsaturated/α-hetero) is 1. The van der Waals surface area contributed by atoms with E-state index in [1.165, 1.54) is 30.4 Å². The Labute approximate surface area is 127 Å². The second-order valence-corrected chi connectivity index (χ2v) is 6.93. The van der Waals surface area contributed by atoms with Crippen molar-refractivity contribution >= 4 is 32.3 Å². The molecule has 8 heteroatoms. The standard InChI is InChI=1S/C13H15N3O3S2/c1-9(17)10-4-3-5-12(6-10)21(18,19)15-7-11-8-20-13(14-2)16-11/h3-6,8,15H,7H2,1-2H3,(H,14,16). The number of benzene rings is 1. The van der Waals surface area contributed by atoms with Gasteiger partial charge in [0.2, 0.25) is 10.0 Å². The van der Waals surface area contributed by atoms with Crippen LogP contribution in [0, 0.1) is 0 Å². The van der Waals surface area contributed by atoms with Gasteiger partial charge in [0, 0.05) is 18.0 Å². The third kappa shape index (κ3) is 3.87. The second-order valence-electron chi connectivity index (χ2n) is 4.30. The fourth-order valence-corrected chi connectivity index (χ4v) is 3.35. The predicted octanol–water partition coefficient (Wildman–Crippen LogP) is 1.87. The monoisotopic (exact) mass is 325 g/mol. The number of aromatic nitrogens is 1. The van der Waals surface area contributed by atoms with Gasteiger partial charge in [-0.15, -0.1) is 11.3 Å². The Morgan fingerprint density at radius 2 is 2.14 bits per heavy atom. The fourth-order valence-electron chi connectivity index (χ4n) is 1.64. The van der Waals surface area contributed by atoms with Crippen molar-refractivity contribution in [3.05, 3.63) is 40.9 Å². The average molecular weight is 325 g/mol. The molecule has 0 saturated heterocycles. The minimum Gasteiger partial charge on any atom is -0.365 e. The molecule has 2 rings (SSSR count). The summed E-state index contributed by atoms with van der Waals surface area (Å²) >= 11 is 1.40. The number of hydrogen-bond acceptors (Lipinski definition) is 6. The predicted molar refractivity (Wildman–Crippen MR) is 82.1 cm³/mol. The summed E-state index contributed by atoms with van der Waals surface area (Å²) < 4.78 is 26.9. The third-order valence-corrected chi connectivity index (χ3v) is 5.07. The molecule has 0 spiro atoms. The number of rotatable bonds is 6. The molecule has 6 nitrogen and oxygen atoms in total. The maximum atomic E-state index is 12.2. The number of nitrogens with one attached hydrogen (secondary N) is 2. The highest BCUT2D eigenvalue weighted by Gasteiger charge is 2.15. The molecule has 2 aromatic rings. The number of sulfonamides is 1. The van der Waals surface area contributed by atoms with E-state index in [-0.39, 0.29) is 17.2 Å². The molecular weight excluding hydrogens is 310 g/mol. The lowest BCUT2D eigenvalue weighted by Crippen LogP contribution is -2.23. The van der Waals surface area contributed by atoms with Gasteiger partial charge < -0.3 is 5.32 Å². The number of ketones is 1. The average Bonchev–Trinajstić information content (AvgIpc) is 2.93. The molecule has 0 unspecified atom stereocenters. The van der Waals surface area contributed by atoms with Crippen molar-refractivity contribution in [2.75, 3.05) is 12.4 Å². The second kappa shape index (κ2) is 6.33. The van der Waals surface area contributed by atoms with Crippen LogP contribution in [0.2, 0.25) is 0 Å². The van der Waals surface area contributed by atoms with Crippen molar-refractivity contribution in [2.24, 2.45) is 0 Å². The van der Waals surface area contributed by atoms with Gasteiger partial charge in [0.15, 0.2) is 10.9 Å². The van der Waals surface area contributed by atoms with Gasteiger partial charge >= 0.3 is 0 Å². The molecule has 112 valence electrons. The Balaban J connectivity index is 2.14. The summed E-state index contributed by atoms with van der Waals surface area (Å²) in [4.78, 5) is 15.6. The van der Waals surface area contributed by atoms with Crippen molar-refractivity contribution in [3.8, 4) is 0 Å².